The summed E-state index contributed by atoms with van der Waals surface area (Å²) in [6.45, 7) is 8.24. The first-order chi connectivity index (χ1) is 15.4. The molecule has 0 saturated carbocycles. The first-order valence-corrected chi connectivity index (χ1v) is 11.8. The molecule has 0 aliphatic rings. The van der Waals surface area contributed by atoms with Crippen molar-refractivity contribution in [3.8, 4) is 5.75 Å². The predicted octanol–water partition coefficient (Wildman–Crippen LogP) is 5.98. The lowest BCUT2D eigenvalue weighted by atomic mass is 10.1. The fraction of sp³-hybridized carbons (Fsp3) is 0.360. The Hall–Kier alpha value is -2.41. The number of ether oxygens (including phenoxy) is 2. The van der Waals surface area contributed by atoms with Crippen molar-refractivity contribution in [1.82, 2.24) is 9.88 Å². The number of methoxy groups -OCH3 is 1. The van der Waals surface area contributed by atoms with Gasteiger partial charge in [-0.3, -0.25) is 4.79 Å². The highest BCUT2D eigenvalue weighted by molar-refractivity contribution is 7.09. The molecule has 5 nitrogen and oxygen atoms in total. The first kappa shape index (κ1) is 24.2. The molecule has 0 bridgehead atoms. The molecule has 1 heterocycles. The van der Waals surface area contributed by atoms with E-state index >= 15 is 0 Å². The van der Waals surface area contributed by atoms with Crippen molar-refractivity contribution in [3.63, 3.8) is 0 Å². The predicted molar refractivity (Wildman–Crippen MR) is 130 cm³/mol. The number of thiazole rings is 1. The Bertz CT molecular complexity index is 1050. The summed E-state index contributed by atoms with van der Waals surface area (Å²) in [6.07, 6.45) is 0.752. The molecular formula is C25H29ClN2O3S. The third kappa shape index (κ3) is 6.55. The summed E-state index contributed by atoms with van der Waals surface area (Å²) in [5, 5.41) is 3.48. The molecule has 170 valence electrons. The van der Waals surface area contributed by atoms with Gasteiger partial charge in [0.1, 0.15) is 17.4 Å². The van der Waals surface area contributed by atoms with E-state index in [2.05, 4.69) is 32.9 Å². The van der Waals surface area contributed by atoms with Gasteiger partial charge < -0.3 is 14.4 Å². The number of benzene rings is 2. The summed E-state index contributed by atoms with van der Waals surface area (Å²) in [7, 11) is 1.66. The molecule has 0 radical (unpaired) electrons. The lowest BCUT2D eigenvalue weighted by Gasteiger charge is -2.22. The summed E-state index contributed by atoms with van der Waals surface area (Å²) in [5.74, 6) is 0.841. The summed E-state index contributed by atoms with van der Waals surface area (Å²) in [6, 6.07) is 11.2. The number of carbonyl (C=O) groups excluding carboxylic acids is 1. The van der Waals surface area contributed by atoms with Gasteiger partial charge in [-0.15, -0.1) is 11.3 Å². The molecule has 32 heavy (non-hydrogen) atoms. The van der Waals surface area contributed by atoms with Crippen molar-refractivity contribution in [2.75, 3.05) is 20.3 Å². The average molecular weight is 473 g/mol. The molecule has 0 spiro atoms. The Morgan fingerprint density at radius 3 is 2.62 bits per heavy atom. The molecule has 1 amide bonds. The van der Waals surface area contributed by atoms with Crippen molar-refractivity contribution >= 4 is 28.8 Å². The standard InChI is InChI=1S/C25H29ClN2O3S/c1-17-12-18(2)19(3)23(13-17)31-15-24-27-22(16-32-24)14-28(10-5-11-30-4)25(29)20-6-8-21(26)9-7-20/h6-9,12-13,16H,5,10-11,14-15H2,1-4H3. The van der Waals surface area contributed by atoms with Crippen LogP contribution in [0.4, 0.5) is 0 Å². The second-order valence-electron chi connectivity index (χ2n) is 7.81. The largest absolute Gasteiger partial charge is 0.486 e. The van der Waals surface area contributed by atoms with Crippen molar-refractivity contribution < 1.29 is 14.3 Å². The fourth-order valence-electron chi connectivity index (χ4n) is 3.40. The number of rotatable bonds is 10. The summed E-state index contributed by atoms with van der Waals surface area (Å²) >= 11 is 7.52. The zero-order valence-corrected chi connectivity index (χ0v) is 20.6. The molecule has 0 fully saturated rings. The monoisotopic (exact) mass is 472 g/mol. The second-order valence-corrected chi connectivity index (χ2v) is 9.19. The van der Waals surface area contributed by atoms with E-state index in [0.29, 0.717) is 36.9 Å². The van der Waals surface area contributed by atoms with Gasteiger partial charge in [-0.05, 0) is 74.2 Å². The van der Waals surface area contributed by atoms with Crippen molar-refractivity contribution in [3.05, 3.63) is 79.8 Å². The van der Waals surface area contributed by atoms with E-state index in [1.54, 1.807) is 47.6 Å². The number of nitrogens with zero attached hydrogens (tertiary/aromatic N) is 2. The minimum atomic E-state index is -0.0468. The molecule has 7 heteroatoms. The fourth-order valence-corrected chi connectivity index (χ4v) is 4.22. The van der Waals surface area contributed by atoms with Crippen molar-refractivity contribution in [2.24, 2.45) is 0 Å². The molecular weight excluding hydrogens is 444 g/mol. The molecule has 0 aliphatic carbocycles. The van der Waals surface area contributed by atoms with Gasteiger partial charge in [0, 0.05) is 36.2 Å². The lowest BCUT2D eigenvalue weighted by molar-refractivity contribution is 0.0721. The normalized spacial score (nSPS) is 10.9. The van der Waals surface area contributed by atoms with Crippen LogP contribution in [0.2, 0.25) is 5.02 Å². The summed E-state index contributed by atoms with van der Waals surface area (Å²) in [5.41, 5.74) is 4.99. The van der Waals surface area contributed by atoms with Crippen LogP contribution < -0.4 is 4.74 Å². The van der Waals surface area contributed by atoms with Crippen LogP contribution in [0.1, 0.15) is 44.2 Å². The number of hydrogen-bond donors (Lipinski definition) is 0. The molecule has 0 atom stereocenters. The van der Waals surface area contributed by atoms with Crippen LogP contribution in [-0.2, 0) is 17.9 Å². The molecule has 3 aromatic rings. The van der Waals surface area contributed by atoms with E-state index in [4.69, 9.17) is 26.1 Å². The Morgan fingerprint density at radius 1 is 1.16 bits per heavy atom. The number of aromatic nitrogens is 1. The van der Waals surface area contributed by atoms with Gasteiger partial charge in [0.05, 0.1) is 12.2 Å². The molecule has 1 aromatic heterocycles. The zero-order valence-electron chi connectivity index (χ0n) is 19.0. The SMILES string of the molecule is COCCCN(Cc1csc(COc2cc(C)cc(C)c2C)n1)C(=O)c1ccc(Cl)cc1. The van der Waals surface area contributed by atoms with Gasteiger partial charge in [-0.2, -0.15) is 0 Å². The smallest absolute Gasteiger partial charge is 0.254 e. The van der Waals surface area contributed by atoms with E-state index < -0.39 is 0 Å². The maximum Gasteiger partial charge on any atom is 0.254 e. The van der Waals surface area contributed by atoms with Gasteiger partial charge >= 0.3 is 0 Å². The molecule has 0 aliphatic heterocycles. The first-order valence-electron chi connectivity index (χ1n) is 10.5. The van der Waals surface area contributed by atoms with Crippen molar-refractivity contribution in [1.29, 1.82) is 0 Å². The molecule has 3 rings (SSSR count). The topological polar surface area (TPSA) is 51.7 Å². The van der Waals surface area contributed by atoms with E-state index in [1.807, 2.05) is 5.38 Å². The second kappa shape index (κ2) is 11.5. The van der Waals surface area contributed by atoms with Crippen LogP contribution in [0.25, 0.3) is 0 Å². The van der Waals surface area contributed by atoms with Gasteiger partial charge in [0.15, 0.2) is 0 Å². The third-order valence-electron chi connectivity index (χ3n) is 5.22. The van der Waals surface area contributed by atoms with Crippen LogP contribution in [0.15, 0.2) is 41.8 Å². The van der Waals surface area contributed by atoms with Crippen LogP contribution in [0, 0.1) is 20.8 Å². The minimum absolute atomic E-state index is 0.0468. The quantitative estimate of drug-likeness (QED) is 0.340. The van der Waals surface area contributed by atoms with E-state index in [1.165, 1.54) is 11.1 Å². The van der Waals surface area contributed by atoms with Crippen LogP contribution in [0.3, 0.4) is 0 Å². The van der Waals surface area contributed by atoms with Crippen LogP contribution >= 0.6 is 22.9 Å². The highest BCUT2D eigenvalue weighted by atomic mass is 35.5. The van der Waals surface area contributed by atoms with Crippen molar-refractivity contribution in [2.45, 2.75) is 40.3 Å². The van der Waals surface area contributed by atoms with Gasteiger partial charge in [-0.25, -0.2) is 4.98 Å². The number of halogens is 1. The maximum absolute atomic E-state index is 13.1. The third-order valence-corrected chi connectivity index (χ3v) is 6.35. The highest BCUT2D eigenvalue weighted by Gasteiger charge is 2.18. The van der Waals surface area contributed by atoms with Gasteiger partial charge in [0.25, 0.3) is 5.91 Å². The van der Waals surface area contributed by atoms with E-state index in [0.717, 1.165) is 28.4 Å². The Balaban J connectivity index is 1.68. The maximum atomic E-state index is 13.1. The van der Waals surface area contributed by atoms with Crippen LogP contribution in [-0.4, -0.2) is 36.1 Å². The molecule has 0 N–H and O–H groups in total. The molecule has 0 unspecified atom stereocenters. The van der Waals surface area contributed by atoms with Gasteiger partial charge in [-0.1, -0.05) is 17.7 Å². The number of aryl methyl sites for hydroxylation is 2. The van der Waals surface area contributed by atoms with Crippen LogP contribution in [0.5, 0.6) is 5.75 Å². The van der Waals surface area contributed by atoms with E-state index in [-0.39, 0.29) is 5.91 Å². The van der Waals surface area contributed by atoms with E-state index in [9.17, 15) is 4.79 Å². The number of carbonyl (C=O) groups is 1. The Kier molecular flexibility index (Phi) is 8.67. The summed E-state index contributed by atoms with van der Waals surface area (Å²) < 4.78 is 11.2. The number of hydrogen-bond acceptors (Lipinski definition) is 5. The lowest BCUT2D eigenvalue weighted by Crippen LogP contribution is -2.32. The Morgan fingerprint density at radius 2 is 1.91 bits per heavy atom. The Labute approximate surface area is 199 Å². The molecule has 0 saturated heterocycles. The number of amides is 1. The molecule has 2 aromatic carbocycles. The highest BCUT2D eigenvalue weighted by Crippen LogP contribution is 2.25. The summed E-state index contributed by atoms with van der Waals surface area (Å²) in [4.78, 5) is 19.6. The zero-order chi connectivity index (χ0) is 23.1. The van der Waals surface area contributed by atoms with Gasteiger partial charge in [0.2, 0.25) is 0 Å². The average Bonchev–Trinajstić information content (AvgIpc) is 3.22. The minimum Gasteiger partial charge on any atom is -0.486 e.